The molecule has 0 amide bonds. The third-order valence-electron chi connectivity index (χ3n) is 8.51. The van der Waals surface area contributed by atoms with Crippen molar-refractivity contribution in [2.24, 2.45) is 0 Å². The lowest BCUT2D eigenvalue weighted by Crippen LogP contribution is -2.01. The van der Waals surface area contributed by atoms with E-state index in [1.165, 1.54) is 12.1 Å². The summed E-state index contributed by atoms with van der Waals surface area (Å²) in [6.07, 6.45) is 5.09. The molecule has 9 rings (SSSR count). The number of anilines is 4. The molecule has 244 valence electrons. The predicted molar refractivity (Wildman–Crippen MR) is 198 cm³/mol. The molecule has 10 nitrogen and oxygen atoms in total. The van der Waals surface area contributed by atoms with Crippen molar-refractivity contribution in [1.29, 1.82) is 0 Å². The van der Waals surface area contributed by atoms with E-state index in [1.807, 2.05) is 72.8 Å². The SMILES string of the molecule is Fc1cccc(Nc2nc(-c3cccc(-c4cccc(Nc5nccc(-c6ccc7[nH]cnc7c6)n5)c4)c3)cc(-c3ccc4[nH]cnc4c3)n2)c1. The first kappa shape index (κ1) is 29.8. The number of benzene rings is 5. The predicted octanol–water partition coefficient (Wildman–Crippen LogP) is 9.31. The molecular formula is C40H27FN10. The molecule has 5 aromatic carbocycles. The van der Waals surface area contributed by atoms with E-state index in [-0.39, 0.29) is 5.82 Å². The summed E-state index contributed by atoms with van der Waals surface area (Å²) in [6, 6.07) is 38.3. The summed E-state index contributed by atoms with van der Waals surface area (Å²) in [5, 5.41) is 6.55. The number of imidazole rings is 2. The highest BCUT2D eigenvalue weighted by Crippen LogP contribution is 2.32. The lowest BCUT2D eigenvalue weighted by molar-refractivity contribution is 0.628. The standard InChI is InChI=1S/C40H27FN10/c41-29-7-3-9-31(20-29)48-40-50-35(21-36(51-40)28-11-13-34-38(19-28)46-23-44-34)26-6-1-4-24(16-26)25-5-2-8-30(17-25)47-39-42-15-14-32(49-39)27-10-12-33-37(18-27)45-22-43-33/h1-23H,(H,43,45)(H,44,46)(H,42,47,49)(H,48,50,51). The molecule has 0 fully saturated rings. The zero-order valence-corrected chi connectivity index (χ0v) is 26.8. The number of halogens is 1. The largest absolute Gasteiger partial charge is 0.345 e. The topological polar surface area (TPSA) is 133 Å². The first-order chi connectivity index (χ1) is 25.1. The number of nitrogens with one attached hydrogen (secondary N) is 4. The second-order valence-electron chi connectivity index (χ2n) is 11.9. The van der Waals surface area contributed by atoms with Crippen LogP contribution in [0.3, 0.4) is 0 Å². The fourth-order valence-corrected chi connectivity index (χ4v) is 6.02. The summed E-state index contributed by atoms with van der Waals surface area (Å²) in [6.45, 7) is 0. The number of aromatic amines is 2. The lowest BCUT2D eigenvalue weighted by atomic mass is 10.0. The first-order valence-corrected chi connectivity index (χ1v) is 16.2. The van der Waals surface area contributed by atoms with Gasteiger partial charge in [-0.2, -0.15) is 0 Å². The van der Waals surface area contributed by atoms with Crippen LogP contribution in [0.25, 0.3) is 67.0 Å². The van der Waals surface area contributed by atoms with Gasteiger partial charge in [0.2, 0.25) is 11.9 Å². The molecule has 4 aromatic heterocycles. The van der Waals surface area contributed by atoms with Crippen molar-refractivity contribution in [3.05, 3.63) is 146 Å². The highest BCUT2D eigenvalue weighted by atomic mass is 19.1. The minimum atomic E-state index is -0.351. The molecule has 0 radical (unpaired) electrons. The Kier molecular flexibility index (Phi) is 7.39. The molecule has 0 atom stereocenters. The number of hydrogen-bond acceptors (Lipinski definition) is 8. The van der Waals surface area contributed by atoms with Gasteiger partial charge in [0.25, 0.3) is 0 Å². The average molecular weight is 667 g/mol. The van der Waals surface area contributed by atoms with Crippen molar-refractivity contribution in [3.63, 3.8) is 0 Å². The summed E-state index contributed by atoms with van der Waals surface area (Å²) >= 11 is 0. The maximum absolute atomic E-state index is 14.1. The van der Waals surface area contributed by atoms with Gasteiger partial charge in [-0.15, -0.1) is 0 Å². The van der Waals surface area contributed by atoms with Crippen LogP contribution in [0.4, 0.5) is 27.7 Å². The maximum atomic E-state index is 14.1. The summed E-state index contributed by atoms with van der Waals surface area (Å²) in [4.78, 5) is 33.9. The fourth-order valence-electron chi connectivity index (χ4n) is 6.02. The Hall–Kier alpha value is -7.27. The molecule has 0 spiro atoms. The average Bonchev–Trinajstić information content (AvgIpc) is 3.84. The minimum Gasteiger partial charge on any atom is -0.345 e. The van der Waals surface area contributed by atoms with Crippen molar-refractivity contribution in [3.8, 4) is 44.9 Å². The van der Waals surface area contributed by atoms with Crippen molar-refractivity contribution in [2.75, 3.05) is 10.6 Å². The highest BCUT2D eigenvalue weighted by molar-refractivity contribution is 5.83. The van der Waals surface area contributed by atoms with Crippen LogP contribution in [0, 0.1) is 5.82 Å². The number of rotatable bonds is 8. The highest BCUT2D eigenvalue weighted by Gasteiger charge is 2.13. The van der Waals surface area contributed by atoms with Gasteiger partial charge in [-0.05, 0) is 83.9 Å². The summed E-state index contributed by atoms with van der Waals surface area (Å²) in [7, 11) is 0. The van der Waals surface area contributed by atoms with Crippen LogP contribution in [0.5, 0.6) is 0 Å². The number of nitrogens with zero attached hydrogens (tertiary/aromatic N) is 6. The Balaban J connectivity index is 1.03. The number of aromatic nitrogens is 8. The second kappa shape index (κ2) is 12.6. The maximum Gasteiger partial charge on any atom is 0.228 e. The van der Waals surface area contributed by atoms with Crippen LogP contribution in [-0.4, -0.2) is 39.9 Å². The van der Waals surface area contributed by atoms with E-state index in [1.54, 1.807) is 31.0 Å². The van der Waals surface area contributed by atoms with Gasteiger partial charge in [-0.25, -0.2) is 34.3 Å². The molecule has 0 bridgehead atoms. The zero-order chi connectivity index (χ0) is 34.1. The van der Waals surface area contributed by atoms with Crippen LogP contribution < -0.4 is 10.6 Å². The Morgan fingerprint density at radius 3 is 1.75 bits per heavy atom. The van der Waals surface area contributed by atoms with Crippen LogP contribution in [0.2, 0.25) is 0 Å². The van der Waals surface area contributed by atoms with Crippen molar-refractivity contribution in [2.45, 2.75) is 0 Å². The molecule has 0 aliphatic heterocycles. The summed E-state index contributed by atoms with van der Waals surface area (Å²) < 4.78 is 14.1. The number of H-pyrrole nitrogens is 2. The molecule has 4 heterocycles. The van der Waals surface area contributed by atoms with Crippen molar-refractivity contribution < 1.29 is 4.39 Å². The van der Waals surface area contributed by atoms with Crippen LogP contribution >= 0.6 is 0 Å². The minimum absolute atomic E-state index is 0.346. The van der Waals surface area contributed by atoms with Gasteiger partial charge in [0.05, 0.1) is 51.8 Å². The monoisotopic (exact) mass is 666 g/mol. The molecule has 51 heavy (non-hydrogen) atoms. The van der Waals surface area contributed by atoms with Crippen LogP contribution in [0.15, 0.2) is 140 Å². The Morgan fingerprint density at radius 1 is 0.451 bits per heavy atom. The summed E-state index contributed by atoms with van der Waals surface area (Å²) in [5.74, 6) is 0.481. The van der Waals surface area contributed by atoms with Gasteiger partial charge in [-0.3, -0.25) is 0 Å². The van der Waals surface area contributed by atoms with Gasteiger partial charge in [0.15, 0.2) is 0 Å². The molecule has 0 aliphatic rings. The molecule has 0 saturated heterocycles. The smallest absolute Gasteiger partial charge is 0.228 e. The van der Waals surface area contributed by atoms with E-state index in [4.69, 9.17) is 15.0 Å². The van der Waals surface area contributed by atoms with E-state index in [9.17, 15) is 4.39 Å². The number of hydrogen-bond donors (Lipinski definition) is 4. The fraction of sp³-hybridized carbons (Fsp3) is 0. The van der Waals surface area contributed by atoms with Crippen LogP contribution in [-0.2, 0) is 0 Å². The van der Waals surface area contributed by atoms with Crippen molar-refractivity contribution in [1.82, 2.24) is 39.9 Å². The van der Waals surface area contributed by atoms with Gasteiger partial charge < -0.3 is 20.6 Å². The third kappa shape index (κ3) is 6.22. The Labute approximate surface area is 290 Å². The first-order valence-electron chi connectivity index (χ1n) is 16.2. The lowest BCUT2D eigenvalue weighted by Gasteiger charge is -2.12. The zero-order valence-electron chi connectivity index (χ0n) is 26.8. The van der Waals surface area contributed by atoms with Crippen molar-refractivity contribution >= 4 is 45.3 Å². The van der Waals surface area contributed by atoms with Gasteiger partial charge in [0, 0.05) is 34.3 Å². The van der Waals surface area contributed by atoms with E-state index in [0.717, 1.165) is 61.3 Å². The summed E-state index contributed by atoms with van der Waals surface area (Å²) in [5.41, 5.74) is 11.9. The molecule has 0 aliphatic carbocycles. The molecule has 4 N–H and O–H groups in total. The second-order valence-corrected chi connectivity index (χ2v) is 11.9. The van der Waals surface area contributed by atoms with E-state index in [2.05, 4.69) is 59.8 Å². The molecule has 0 unspecified atom stereocenters. The molecule has 11 heteroatoms. The van der Waals surface area contributed by atoms with Gasteiger partial charge >= 0.3 is 0 Å². The van der Waals surface area contributed by atoms with Crippen LogP contribution in [0.1, 0.15) is 0 Å². The van der Waals surface area contributed by atoms with E-state index >= 15 is 0 Å². The Morgan fingerprint density at radius 2 is 1.02 bits per heavy atom. The molecular weight excluding hydrogens is 640 g/mol. The molecule has 9 aromatic rings. The van der Waals surface area contributed by atoms with Gasteiger partial charge in [-0.1, -0.05) is 48.5 Å². The molecule has 0 saturated carbocycles. The quantitative estimate of drug-likeness (QED) is 0.126. The van der Waals surface area contributed by atoms with E-state index < -0.39 is 0 Å². The van der Waals surface area contributed by atoms with E-state index in [0.29, 0.717) is 29.0 Å². The third-order valence-corrected chi connectivity index (χ3v) is 8.51. The normalized spacial score (nSPS) is 11.2. The Bertz CT molecular complexity index is 2700. The number of fused-ring (bicyclic) bond motifs is 2. The van der Waals surface area contributed by atoms with Gasteiger partial charge in [0.1, 0.15) is 5.82 Å².